The van der Waals surface area contributed by atoms with Crippen molar-refractivity contribution in [2.75, 3.05) is 12.4 Å². The molecule has 1 aromatic carbocycles. The summed E-state index contributed by atoms with van der Waals surface area (Å²) in [4.78, 5) is 15.6. The van der Waals surface area contributed by atoms with Crippen LogP contribution >= 0.6 is 15.9 Å². The standard InChI is InChI=1S/C16H17BrN2O2/c1-10-6-11(2)15(14(17)7-10)19-9-13-5-4-12(8-18-13)16(20)21-3/h4-8,19H,9H2,1-3H3. The highest BCUT2D eigenvalue weighted by molar-refractivity contribution is 9.10. The molecule has 0 atom stereocenters. The van der Waals surface area contributed by atoms with Gasteiger partial charge in [-0.25, -0.2) is 4.79 Å². The zero-order valence-corrected chi connectivity index (χ0v) is 13.8. The lowest BCUT2D eigenvalue weighted by Gasteiger charge is -2.12. The molecule has 1 N–H and O–H groups in total. The maximum absolute atomic E-state index is 11.3. The van der Waals surface area contributed by atoms with Gasteiger partial charge in [-0.3, -0.25) is 4.98 Å². The smallest absolute Gasteiger partial charge is 0.339 e. The third-order valence-corrected chi connectivity index (χ3v) is 3.75. The molecular weight excluding hydrogens is 332 g/mol. The van der Waals surface area contributed by atoms with Crippen LogP contribution in [0.15, 0.2) is 34.9 Å². The maximum atomic E-state index is 11.3. The molecule has 110 valence electrons. The van der Waals surface area contributed by atoms with E-state index in [2.05, 4.69) is 56.9 Å². The Bertz CT molecular complexity index is 631. The molecule has 0 radical (unpaired) electrons. The third-order valence-electron chi connectivity index (χ3n) is 3.12. The molecule has 0 bridgehead atoms. The van der Waals surface area contributed by atoms with Gasteiger partial charge in [-0.15, -0.1) is 0 Å². The van der Waals surface area contributed by atoms with Gasteiger partial charge in [-0.05, 0) is 59.1 Å². The van der Waals surface area contributed by atoms with Gasteiger partial charge in [0.2, 0.25) is 0 Å². The topological polar surface area (TPSA) is 51.2 Å². The Labute approximate surface area is 132 Å². The molecule has 0 unspecified atom stereocenters. The SMILES string of the molecule is COC(=O)c1ccc(CNc2c(C)cc(C)cc2Br)nc1. The first-order valence-electron chi connectivity index (χ1n) is 6.55. The fourth-order valence-electron chi connectivity index (χ4n) is 2.09. The highest BCUT2D eigenvalue weighted by atomic mass is 79.9. The second-order valence-electron chi connectivity index (χ2n) is 4.82. The van der Waals surface area contributed by atoms with Crippen LogP contribution in [-0.2, 0) is 11.3 Å². The molecule has 21 heavy (non-hydrogen) atoms. The van der Waals surface area contributed by atoms with E-state index < -0.39 is 0 Å². The van der Waals surface area contributed by atoms with Gasteiger partial charge in [-0.2, -0.15) is 0 Å². The number of nitrogens with zero attached hydrogens (tertiary/aromatic N) is 1. The van der Waals surface area contributed by atoms with Gasteiger partial charge in [0.25, 0.3) is 0 Å². The number of benzene rings is 1. The number of nitrogens with one attached hydrogen (secondary N) is 1. The fourth-order valence-corrected chi connectivity index (χ4v) is 2.90. The Hall–Kier alpha value is -1.88. The summed E-state index contributed by atoms with van der Waals surface area (Å²) in [5.41, 5.74) is 4.75. The first kappa shape index (κ1) is 15.5. The highest BCUT2D eigenvalue weighted by Crippen LogP contribution is 2.28. The predicted octanol–water partition coefficient (Wildman–Crippen LogP) is 3.86. The number of carbonyl (C=O) groups is 1. The van der Waals surface area contributed by atoms with Crippen LogP contribution in [0.3, 0.4) is 0 Å². The molecule has 0 saturated heterocycles. The number of esters is 1. The molecule has 0 amide bonds. The van der Waals surface area contributed by atoms with Crippen LogP contribution in [0.5, 0.6) is 0 Å². The minimum atomic E-state index is -0.376. The number of methoxy groups -OCH3 is 1. The largest absolute Gasteiger partial charge is 0.465 e. The van der Waals surface area contributed by atoms with Gasteiger partial charge < -0.3 is 10.1 Å². The van der Waals surface area contributed by atoms with Crippen molar-refractivity contribution in [3.8, 4) is 0 Å². The first-order valence-corrected chi connectivity index (χ1v) is 7.34. The zero-order valence-electron chi connectivity index (χ0n) is 12.2. The number of aryl methyl sites for hydroxylation is 2. The van der Waals surface area contributed by atoms with E-state index >= 15 is 0 Å². The lowest BCUT2D eigenvalue weighted by atomic mass is 10.1. The number of aromatic nitrogens is 1. The second kappa shape index (κ2) is 6.72. The Morgan fingerprint density at radius 1 is 1.33 bits per heavy atom. The van der Waals surface area contributed by atoms with Gasteiger partial charge in [0.1, 0.15) is 0 Å². The average molecular weight is 349 g/mol. The summed E-state index contributed by atoms with van der Waals surface area (Å²) in [6.07, 6.45) is 1.53. The average Bonchev–Trinajstić information content (AvgIpc) is 2.46. The summed E-state index contributed by atoms with van der Waals surface area (Å²) in [7, 11) is 1.36. The number of ether oxygens (including phenoxy) is 1. The van der Waals surface area contributed by atoms with Crippen LogP contribution in [0, 0.1) is 13.8 Å². The first-order chi connectivity index (χ1) is 10.0. The van der Waals surface area contributed by atoms with E-state index in [0.29, 0.717) is 12.1 Å². The lowest BCUT2D eigenvalue weighted by molar-refractivity contribution is 0.0600. The summed E-state index contributed by atoms with van der Waals surface area (Å²) in [6.45, 7) is 4.71. The number of halogens is 1. The molecule has 2 aromatic rings. The van der Waals surface area contributed by atoms with Crippen molar-refractivity contribution in [1.82, 2.24) is 4.98 Å². The Kier molecular flexibility index (Phi) is 4.96. The van der Waals surface area contributed by atoms with Crippen LogP contribution in [0.2, 0.25) is 0 Å². The number of hydrogen-bond donors (Lipinski definition) is 1. The number of hydrogen-bond acceptors (Lipinski definition) is 4. The molecule has 1 aromatic heterocycles. The van der Waals surface area contributed by atoms with Crippen LogP contribution in [-0.4, -0.2) is 18.1 Å². The van der Waals surface area contributed by atoms with Gasteiger partial charge in [-0.1, -0.05) is 6.07 Å². The fraction of sp³-hybridized carbons (Fsp3) is 0.250. The van der Waals surface area contributed by atoms with Crippen molar-refractivity contribution < 1.29 is 9.53 Å². The lowest BCUT2D eigenvalue weighted by Crippen LogP contribution is -2.06. The molecule has 0 aliphatic heterocycles. The van der Waals surface area contributed by atoms with Crippen molar-refractivity contribution in [2.45, 2.75) is 20.4 Å². The molecule has 0 spiro atoms. The Balaban J connectivity index is 2.08. The molecule has 0 saturated carbocycles. The second-order valence-corrected chi connectivity index (χ2v) is 5.68. The Morgan fingerprint density at radius 2 is 2.10 bits per heavy atom. The molecular formula is C16H17BrN2O2. The number of pyridine rings is 1. The van der Waals surface area contributed by atoms with Crippen LogP contribution in [0.25, 0.3) is 0 Å². The zero-order chi connectivity index (χ0) is 15.4. The molecule has 2 rings (SSSR count). The maximum Gasteiger partial charge on any atom is 0.339 e. The van der Waals surface area contributed by atoms with E-state index in [0.717, 1.165) is 15.9 Å². The predicted molar refractivity (Wildman–Crippen MR) is 86.5 cm³/mol. The minimum Gasteiger partial charge on any atom is -0.465 e. The van der Waals surface area contributed by atoms with Crippen molar-refractivity contribution in [3.05, 3.63) is 57.3 Å². The molecule has 5 heteroatoms. The molecule has 4 nitrogen and oxygen atoms in total. The van der Waals surface area contributed by atoms with E-state index in [9.17, 15) is 4.79 Å². The summed E-state index contributed by atoms with van der Waals surface area (Å²) < 4.78 is 5.68. The quantitative estimate of drug-likeness (QED) is 0.852. The van der Waals surface area contributed by atoms with E-state index in [-0.39, 0.29) is 5.97 Å². The number of anilines is 1. The van der Waals surface area contributed by atoms with Crippen molar-refractivity contribution in [1.29, 1.82) is 0 Å². The van der Waals surface area contributed by atoms with Crippen molar-refractivity contribution in [3.63, 3.8) is 0 Å². The summed E-state index contributed by atoms with van der Waals surface area (Å²) in [6, 6.07) is 7.73. The van der Waals surface area contributed by atoms with Crippen molar-refractivity contribution in [2.24, 2.45) is 0 Å². The van der Waals surface area contributed by atoms with Gasteiger partial charge >= 0.3 is 5.97 Å². The minimum absolute atomic E-state index is 0.376. The van der Waals surface area contributed by atoms with Gasteiger partial charge in [0, 0.05) is 10.7 Å². The van der Waals surface area contributed by atoms with Crippen LogP contribution in [0.4, 0.5) is 5.69 Å². The van der Waals surface area contributed by atoms with Gasteiger partial charge in [0.15, 0.2) is 0 Å². The van der Waals surface area contributed by atoms with E-state index in [1.807, 2.05) is 6.07 Å². The highest BCUT2D eigenvalue weighted by Gasteiger charge is 2.07. The molecule has 1 heterocycles. The monoisotopic (exact) mass is 348 g/mol. The Morgan fingerprint density at radius 3 is 2.67 bits per heavy atom. The molecule has 0 fully saturated rings. The van der Waals surface area contributed by atoms with Crippen molar-refractivity contribution >= 4 is 27.6 Å². The summed E-state index contributed by atoms with van der Waals surface area (Å²) in [5.74, 6) is -0.376. The van der Waals surface area contributed by atoms with Crippen LogP contribution < -0.4 is 5.32 Å². The normalized spacial score (nSPS) is 10.3. The molecule has 0 aliphatic carbocycles. The van der Waals surface area contributed by atoms with Crippen LogP contribution in [0.1, 0.15) is 27.2 Å². The molecule has 0 aliphatic rings. The van der Waals surface area contributed by atoms with Gasteiger partial charge in [0.05, 0.1) is 30.6 Å². The summed E-state index contributed by atoms with van der Waals surface area (Å²) in [5, 5.41) is 3.36. The van der Waals surface area contributed by atoms with E-state index in [4.69, 9.17) is 0 Å². The van der Waals surface area contributed by atoms with E-state index in [1.54, 1.807) is 6.07 Å². The van der Waals surface area contributed by atoms with E-state index in [1.165, 1.54) is 24.4 Å². The summed E-state index contributed by atoms with van der Waals surface area (Å²) >= 11 is 3.57. The number of rotatable bonds is 4. The number of carbonyl (C=O) groups excluding carboxylic acids is 1. The third kappa shape index (κ3) is 3.82.